The van der Waals surface area contributed by atoms with Crippen LogP contribution in [0.3, 0.4) is 0 Å². The van der Waals surface area contributed by atoms with Crippen molar-refractivity contribution in [1.82, 2.24) is 4.98 Å². The van der Waals surface area contributed by atoms with Gasteiger partial charge in [-0.05, 0) is 18.6 Å². The molecular formula is C11H15F3N2O. The first kappa shape index (κ1) is 13.8. The quantitative estimate of drug-likeness (QED) is 0.869. The summed E-state index contributed by atoms with van der Waals surface area (Å²) in [7, 11) is 0. The van der Waals surface area contributed by atoms with E-state index in [4.69, 9.17) is 5.11 Å². The van der Waals surface area contributed by atoms with Gasteiger partial charge < -0.3 is 10.0 Å². The number of aliphatic hydroxyl groups excluding tert-OH is 1. The zero-order valence-electron chi connectivity index (χ0n) is 9.54. The lowest BCUT2D eigenvalue weighted by Crippen LogP contribution is -2.34. The molecular weight excluding hydrogens is 233 g/mol. The summed E-state index contributed by atoms with van der Waals surface area (Å²) in [6, 6.07) is 2.99. The number of hydrogen-bond acceptors (Lipinski definition) is 3. The molecule has 96 valence electrons. The number of halogens is 3. The highest BCUT2D eigenvalue weighted by atomic mass is 19.4. The van der Waals surface area contributed by atoms with Crippen molar-refractivity contribution in [2.75, 3.05) is 18.0 Å². The molecule has 0 aliphatic rings. The molecule has 0 saturated carbocycles. The molecule has 1 heterocycles. The second-order valence-corrected chi connectivity index (χ2v) is 3.70. The number of alkyl halides is 3. The molecule has 17 heavy (non-hydrogen) atoms. The van der Waals surface area contributed by atoms with E-state index in [1.165, 1.54) is 23.2 Å². The topological polar surface area (TPSA) is 36.4 Å². The fraction of sp³-hybridized carbons (Fsp3) is 0.545. The third-order valence-corrected chi connectivity index (χ3v) is 2.19. The van der Waals surface area contributed by atoms with Crippen LogP contribution in [0.2, 0.25) is 0 Å². The number of pyridine rings is 1. The smallest absolute Gasteiger partial charge is 0.390 e. The van der Waals surface area contributed by atoms with Crippen molar-refractivity contribution in [3.8, 4) is 0 Å². The molecule has 0 spiro atoms. The summed E-state index contributed by atoms with van der Waals surface area (Å²) in [5.74, 6) is 0. The van der Waals surface area contributed by atoms with Gasteiger partial charge in [0.2, 0.25) is 0 Å². The molecule has 0 saturated heterocycles. The minimum Gasteiger partial charge on any atom is -0.390 e. The van der Waals surface area contributed by atoms with Crippen molar-refractivity contribution in [1.29, 1.82) is 0 Å². The Balaban J connectivity index is 2.88. The van der Waals surface area contributed by atoms with Gasteiger partial charge in [-0.15, -0.1) is 0 Å². The third kappa shape index (κ3) is 4.60. The first-order valence-electron chi connectivity index (χ1n) is 5.33. The van der Waals surface area contributed by atoms with Gasteiger partial charge in [-0.3, -0.25) is 4.98 Å². The number of nitrogens with zero attached hydrogens (tertiary/aromatic N) is 2. The minimum absolute atomic E-state index is 0.278. The van der Waals surface area contributed by atoms with Crippen LogP contribution in [0.4, 0.5) is 18.9 Å². The second-order valence-electron chi connectivity index (χ2n) is 3.70. The standard InChI is InChI=1S/C11H15F3N2O/c1-2-5-16(8-11(12,13)14)10-3-4-15-9(6-10)7-17/h3-4,6,17H,2,5,7-8H2,1H3. The molecule has 0 unspecified atom stereocenters. The average molecular weight is 248 g/mol. The van der Waals surface area contributed by atoms with Crippen LogP contribution in [0.15, 0.2) is 18.3 Å². The summed E-state index contributed by atoms with van der Waals surface area (Å²) in [6.07, 6.45) is -2.22. The van der Waals surface area contributed by atoms with Gasteiger partial charge in [-0.1, -0.05) is 6.92 Å². The van der Waals surface area contributed by atoms with Gasteiger partial charge in [-0.25, -0.2) is 0 Å². The monoisotopic (exact) mass is 248 g/mol. The molecule has 1 aromatic rings. The summed E-state index contributed by atoms with van der Waals surface area (Å²) in [6.45, 7) is 0.863. The summed E-state index contributed by atoms with van der Waals surface area (Å²) in [4.78, 5) is 5.08. The van der Waals surface area contributed by atoms with Crippen molar-refractivity contribution in [3.05, 3.63) is 24.0 Å². The average Bonchev–Trinajstić information content (AvgIpc) is 2.27. The Morgan fingerprint density at radius 2 is 2.12 bits per heavy atom. The normalized spacial score (nSPS) is 11.6. The minimum atomic E-state index is -4.24. The van der Waals surface area contributed by atoms with Crippen LogP contribution in [0.1, 0.15) is 19.0 Å². The summed E-state index contributed by atoms with van der Waals surface area (Å²) in [5.41, 5.74) is 0.800. The molecule has 6 heteroatoms. The second kappa shape index (κ2) is 5.86. The van der Waals surface area contributed by atoms with Crippen LogP contribution in [-0.2, 0) is 6.61 Å². The number of aromatic nitrogens is 1. The zero-order valence-corrected chi connectivity index (χ0v) is 9.54. The van der Waals surface area contributed by atoms with Gasteiger partial charge in [0.1, 0.15) is 6.54 Å². The maximum atomic E-state index is 12.4. The van der Waals surface area contributed by atoms with E-state index in [1.54, 1.807) is 0 Å². The molecule has 0 bridgehead atoms. The molecule has 0 atom stereocenters. The van der Waals surface area contributed by atoms with Crippen LogP contribution >= 0.6 is 0 Å². The lowest BCUT2D eigenvalue weighted by atomic mass is 10.2. The van der Waals surface area contributed by atoms with Crippen LogP contribution < -0.4 is 4.90 Å². The van der Waals surface area contributed by atoms with E-state index in [0.717, 1.165) is 0 Å². The molecule has 3 nitrogen and oxygen atoms in total. The fourth-order valence-corrected chi connectivity index (χ4v) is 1.53. The van der Waals surface area contributed by atoms with Crippen molar-refractivity contribution >= 4 is 5.69 Å². The highest BCUT2D eigenvalue weighted by Gasteiger charge is 2.30. The number of rotatable bonds is 5. The Kier molecular flexibility index (Phi) is 4.74. The molecule has 1 N–H and O–H groups in total. The molecule has 0 aliphatic heterocycles. The van der Waals surface area contributed by atoms with Gasteiger partial charge in [0.25, 0.3) is 0 Å². The zero-order chi connectivity index (χ0) is 12.9. The Hall–Kier alpha value is -1.30. The lowest BCUT2D eigenvalue weighted by Gasteiger charge is -2.25. The SMILES string of the molecule is CCCN(CC(F)(F)F)c1ccnc(CO)c1. The summed E-state index contributed by atoms with van der Waals surface area (Å²) < 4.78 is 37.2. The Morgan fingerprint density at radius 1 is 1.41 bits per heavy atom. The van der Waals surface area contributed by atoms with Crippen molar-refractivity contribution in [2.45, 2.75) is 26.1 Å². The first-order chi connectivity index (χ1) is 7.96. The third-order valence-electron chi connectivity index (χ3n) is 2.19. The molecule has 0 aliphatic carbocycles. The molecule has 1 aromatic heterocycles. The van der Waals surface area contributed by atoms with E-state index in [1.807, 2.05) is 6.92 Å². The van der Waals surface area contributed by atoms with E-state index >= 15 is 0 Å². The predicted molar refractivity (Wildman–Crippen MR) is 58.7 cm³/mol. The van der Waals surface area contributed by atoms with Crippen LogP contribution in [-0.4, -0.2) is 29.4 Å². The van der Waals surface area contributed by atoms with Gasteiger partial charge in [-0.2, -0.15) is 13.2 Å². The maximum absolute atomic E-state index is 12.4. The maximum Gasteiger partial charge on any atom is 0.405 e. The van der Waals surface area contributed by atoms with Gasteiger partial charge >= 0.3 is 6.18 Å². The molecule has 0 amide bonds. The summed E-state index contributed by atoms with van der Waals surface area (Å²) >= 11 is 0. The van der Waals surface area contributed by atoms with Crippen molar-refractivity contribution < 1.29 is 18.3 Å². The molecule has 0 radical (unpaired) electrons. The van der Waals surface area contributed by atoms with E-state index < -0.39 is 12.7 Å². The van der Waals surface area contributed by atoms with E-state index in [0.29, 0.717) is 24.3 Å². The van der Waals surface area contributed by atoms with Gasteiger partial charge in [0.05, 0.1) is 12.3 Å². The largest absolute Gasteiger partial charge is 0.405 e. The molecule has 1 rings (SSSR count). The Labute approximate surface area is 97.9 Å². The highest BCUT2D eigenvalue weighted by Crippen LogP contribution is 2.22. The fourth-order valence-electron chi connectivity index (χ4n) is 1.53. The predicted octanol–water partition coefficient (Wildman–Crippen LogP) is 2.35. The van der Waals surface area contributed by atoms with Crippen LogP contribution in [0.5, 0.6) is 0 Å². The molecule has 0 aromatic carbocycles. The van der Waals surface area contributed by atoms with E-state index in [2.05, 4.69) is 4.98 Å². The first-order valence-corrected chi connectivity index (χ1v) is 5.33. The van der Waals surface area contributed by atoms with E-state index in [-0.39, 0.29) is 6.61 Å². The Bertz CT molecular complexity index is 355. The lowest BCUT2D eigenvalue weighted by molar-refractivity contribution is -0.119. The van der Waals surface area contributed by atoms with Gasteiger partial charge in [0.15, 0.2) is 0 Å². The van der Waals surface area contributed by atoms with Crippen LogP contribution in [0.25, 0.3) is 0 Å². The van der Waals surface area contributed by atoms with E-state index in [9.17, 15) is 13.2 Å². The summed E-state index contributed by atoms with van der Waals surface area (Å²) in [5, 5.41) is 8.90. The van der Waals surface area contributed by atoms with Gasteiger partial charge in [0, 0.05) is 18.4 Å². The van der Waals surface area contributed by atoms with Crippen molar-refractivity contribution in [3.63, 3.8) is 0 Å². The van der Waals surface area contributed by atoms with Crippen molar-refractivity contribution in [2.24, 2.45) is 0 Å². The number of hydrogen-bond donors (Lipinski definition) is 1. The molecule has 0 fully saturated rings. The Morgan fingerprint density at radius 3 is 2.65 bits per heavy atom. The highest BCUT2D eigenvalue weighted by molar-refractivity contribution is 5.46. The van der Waals surface area contributed by atoms with Crippen LogP contribution in [0, 0.1) is 0 Å². The number of aliphatic hydroxyl groups is 1. The number of anilines is 1.